The maximum atomic E-state index is 12.3. The number of nitrogens with zero attached hydrogens (tertiary/aromatic N) is 1. The molecule has 0 aliphatic rings. The Bertz CT molecular complexity index is 966. The first-order valence-corrected chi connectivity index (χ1v) is 7.97. The molecule has 0 unspecified atom stereocenters. The minimum absolute atomic E-state index is 0.0254. The average Bonchev–Trinajstić information content (AvgIpc) is 3.16. The molecule has 8 heteroatoms. The van der Waals surface area contributed by atoms with Gasteiger partial charge in [-0.2, -0.15) is 0 Å². The average molecular weight is 368 g/mol. The Morgan fingerprint density at radius 1 is 1.11 bits per heavy atom. The maximum absolute atomic E-state index is 12.3. The number of methoxy groups -OCH3 is 1. The molecule has 0 aliphatic heterocycles. The summed E-state index contributed by atoms with van der Waals surface area (Å²) in [6, 6.07) is 16.1. The fourth-order valence-corrected chi connectivity index (χ4v) is 2.35. The topological polar surface area (TPSA) is 104 Å². The summed E-state index contributed by atoms with van der Waals surface area (Å²) < 4.78 is 16.2. The van der Waals surface area contributed by atoms with Crippen molar-refractivity contribution in [3.8, 4) is 11.5 Å². The van der Waals surface area contributed by atoms with Crippen LogP contribution in [0.5, 0.6) is 11.5 Å². The summed E-state index contributed by atoms with van der Waals surface area (Å²) >= 11 is 0. The van der Waals surface area contributed by atoms with Gasteiger partial charge in [0.05, 0.1) is 12.0 Å². The van der Waals surface area contributed by atoms with E-state index < -0.39 is 10.8 Å². The number of ether oxygens (including phenoxy) is 2. The van der Waals surface area contributed by atoms with Crippen LogP contribution in [0.1, 0.15) is 16.3 Å². The predicted molar refractivity (Wildman–Crippen MR) is 97.1 cm³/mol. The molecule has 0 atom stereocenters. The van der Waals surface area contributed by atoms with Gasteiger partial charge in [0.15, 0.2) is 5.76 Å². The first kappa shape index (κ1) is 18.0. The first-order valence-electron chi connectivity index (χ1n) is 7.97. The van der Waals surface area contributed by atoms with Crippen molar-refractivity contribution in [2.24, 2.45) is 0 Å². The number of nitro benzene ring substituents is 1. The molecule has 1 heterocycles. The van der Waals surface area contributed by atoms with Gasteiger partial charge in [0.1, 0.15) is 29.6 Å². The van der Waals surface area contributed by atoms with Crippen molar-refractivity contribution in [1.29, 1.82) is 0 Å². The normalized spacial score (nSPS) is 10.3. The number of furan rings is 1. The van der Waals surface area contributed by atoms with Crippen molar-refractivity contribution in [3.63, 3.8) is 0 Å². The number of hydrogen-bond acceptors (Lipinski definition) is 6. The number of nitro groups is 1. The maximum Gasteiger partial charge on any atom is 0.292 e. The number of carbonyl (C=O) groups excluding carboxylic acids is 1. The molecule has 1 N–H and O–H groups in total. The van der Waals surface area contributed by atoms with Crippen LogP contribution in [0, 0.1) is 10.1 Å². The number of nitrogens with one attached hydrogen (secondary N) is 1. The van der Waals surface area contributed by atoms with Crippen LogP contribution in [0.4, 0.5) is 11.4 Å². The highest BCUT2D eigenvalue weighted by atomic mass is 16.6. The first-order chi connectivity index (χ1) is 13.1. The molecular weight excluding hydrogens is 352 g/mol. The number of rotatable bonds is 7. The van der Waals surface area contributed by atoms with Gasteiger partial charge in [-0.1, -0.05) is 18.2 Å². The van der Waals surface area contributed by atoms with Gasteiger partial charge in [-0.15, -0.1) is 0 Å². The third-order valence-corrected chi connectivity index (χ3v) is 3.66. The zero-order valence-corrected chi connectivity index (χ0v) is 14.4. The van der Waals surface area contributed by atoms with Gasteiger partial charge < -0.3 is 19.2 Å². The van der Waals surface area contributed by atoms with Crippen molar-refractivity contribution in [2.75, 3.05) is 12.4 Å². The van der Waals surface area contributed by atoms with Crippen molar-refractivity contribution in [2.45, 2.75) is 6.61 Å². The molecule has 3 rings (SSSR count). The zero-order chi connectivity index (χ0) is 19.2. The summed E-state index contributed by atoms with van der Waals surface area (Å²) in [7, 11) is 1.56. The molecule has 1 amide bonds. The molecule has 0 bridgehead atoms. The summed E-state index contributed by atoms with van der Waals surface area (Å²) in [6.07, 6.45) is 0. The van der Waals surface area contributed by atoms with E-state index in [0.717, 1.165) is 0 Å². The van der Waals surface area contributed by atoms with Crippen LogP contribution in [0.3, 0.4) is 0 Å². The number of benzene rings is 2. The van der Waals surface area contributed by atoms with Crippen molar-refractivity contribution < 1.29 is 23.6 Å². The summed E-state index contributed by atoms with van der Waals surface area (Å²) in [4.78, 5) is 22.7. The SMILES string of the molecule is COc1cccc(OCc2ccc(C(=O)Nc3ccccc3[N+](=O)[O-])o2)c1. The largest absolute Gasteiger partial charge is 0.497 e. The fourth-order valence-electron chi connectivity index (χ4n) is 2.35. The van der Waals surface area contributed by atoms with Gasteiger partial charge in [-0.25, -0.2) is 0 Å². The lowest BCUT2D eigenvalue weighted by Gasteiger charge is -2.06. The molecular formula is C19H16N2O6. The van der Waals surface area contributed by atoms with E-state index in [1.54, 1.807) is 43.5 Å². The van der Waals surface area contributed by atoms with Crippen molar-refractivity contribution in [3.05, 3.63) is 82.3 Å². The Labute approximate surface area is 154 Å². The van der Waals surface area contributed by atoms with Gasteiger partial charge in [0.2, 0.25) is 0 Å². The van der Waals surface area contributed by atoms with Gasteiger partial charge >= 0.3 is 0 Å². The molecule has 3 aromatic rings. The molecule has 138 valence electrons. The number of carbonyl (C=O) groups is 1. The van der Waals surface area contributed by atoms with Crippen LogP contribution >= 0.6 is 0 Å². The Balaban J connectivity index is 1.65. The van der Waals surface area contributed by atoms with Gasteiger partial charge in [-0.05, 0) is 30.3 Å². The van der Waals surface area contributed by atoms with E-state index in [2.05, 4.69) is 5.32 Å². The Kier molecular flexibility index (Phi) is 5.36. The highest BCUT2D eigenvalue weighted by Gasteiger charge is 2.18. The molecule has 8 nitrogen and oxygen atoms in total. The highest BCUT2D eigenvalue weighted by molar-refractivity contribution is 6.03. The molecule has 27 heavy (non-hydrogen) atoms. The fraction of sp³-hybridized carbons (Fsp3) is 0.105. The Morgan fingerprint density at radius 3 is 2.67 bits per heavy atom. The molecule has 2 aromatic carbocycles. The Hall–Kier alpha value is -3.81. The highest BCUT2D eigenvalue weighted by Crippen LogP contribution is 2.24. The number of para-hydroxylation sites is 2. The minimum atomic E-state index is -0.586. The summed E-state index contributed by atoms with van der Waals surface area (Å²) in [5, 5.41) is 13.5. The van der Waals surface area contributed by atoms with Crippen LogP contribution in [-0.2, 0) is 6.61 Å². The Morgan fingerprint density at radius 2 is 1.89 bits per heavy atom. The van der Waals surface area contributed by atoms with E-state index in [-0.39, 0.29) is 23.7 Å². The smallest absolute Gasteiger partial charge is 0.292 e. The van der Waals surface area contributed by atoms with E-state index >= 15 is 0 Å². The molecule has 0 aliphatic carbocycles. The number of hydrogen-bond donors (Lipinski definition) is 1. The third kappa shape index (κ3) is 4.43. The monoisotopic (exact) mass is 368 g/mol. The van der Waals surface area contributed by atoms with Crippen LogP contribution in [0.2, 0.25) is 0 Å². The second-order valence-electron chi connectivity index (χ2n) is 5.46. The zero-order valence-electron chi connectivity index (χ0n) is 14.4. The summed E-state index contributed by atoms with van der Waals surface area (Å²) in [5.74, 6) is 1.13. The van der Waals surface area contributed by atoms with E-state index in [1.165, 1.54) is 24.3 Å². The van der Waals surface area contributed by atoms with Gasteiger partial charge in [0, 0.05) is 12.1 Å². The van der Waals surface area contributed by atoms with Crippen LogP contribution < -0.4 is 14.8 Å². The van der Waals surface area contributed by atoms with Crippen LogP contribution in [-0.4, -0.2) is 17.9 Å². The molecule has 0 radical (unpaired) electrons. The second-order valence-corrected chi connectivity index (χ2v) is 5.46. The number of anilines is 1. The predicted octanol–water partition coefficient (Wildman–Crippen LogP) is 4.03. The molecule has 0 fully saturated rings. The lowest BCUT2D eigenvalue weighted by Crippen LogP contribution is -2.12. The van der Waals surface area contributed by atoms with Crippen LogP contribution in [0.15, 0.2) is 65.1 Å². The molecule has 1 aromatic heterocycles. The molecule has 0 saturated heterocycles. The van der Waals surface area contributed by atoms with Crippen molar-refractivity contribution in [1.82, 2.24) is 0 Å². The van der Waals surface area contributed by atoms with Gasteiger partial charge in [-0.3, -0.25) is 14.9 Å². The lowest BCUT2D eigenvalue weighted by molar-refractivity contribution is -0.383. The van der Waals surface area contributed by atoms with E-state index in [9.17, 15) is 14.9 Å². The lowest BCUT2D eigenvalue weighted by atomic mass is 10.2. The summed E-state index contributed by atoms with van der Waals surface area (Å²) in [5.41, 5.74) is -0.0999. The third-order valence-electron chi connectivity index (χ3n) is 3.66. The number of amides is 1. The second kappa shape index (κ2) is 8.05. The molecule has 0 saturated carbocycles. The van der Waals surface area contributed by atoms with E-state index in [1.807, 2.05) is 0 Å². The summed E-state index contributed by atoms with van der Waals surface area (Å²) in [6.45, 7) is 0.117. The quantitative estimate of drug-likeness (QED) is 0.499. The standard InChI is InChI=1S/C19H16N2O6/c1-25-13-5-4-6-14(11-13)26-12-15-9-10-18(27-15)19(22)20-16-7-2-3-8-17(16)21(23)24/h2-11H,12H2,1H3,(H,20,22). The van der Waals surface area contributed by atoms with E-state index in [4.69, 9.17) is 13.9 Å². The van der Waals surface area contributed by atoms with Crippen LogP contribution in [0.25, 0.3) is 0 Å². The van der Waals surface area contributed by atoms with Crippen molar-refractivity contribution >= 4 is 17.3 Å². The minimum Gasteiger partial charge on any atom is -0.497 e. The molecule has 0 spiro atoms. The van der Waals surface area contributed by atoms with E-state index in [0.29, 0.717) is 17.3 Å². The van der Waals surface area contributed by atoms with Gasteiger partial charge in [0.25, 0.3) is 11.6 Å².